The lowest BCUT2D eigenvalue weighted by Gasteiger charge is -2.33. The average molecular weight is 484 g/mol. The monoisotopic (exact) mass is 484 g/mol. The number of rotatable bonds is 3. The number of pyridine rings is 1. The SMILES string of the molecule is COc1cc(C(=O)N2CCc3c(nn(C)c3-c3cc(C(F)(F)F)n(C)n3)[C@@H]2C)c2ccccc2n1. The number of hydrogen-bond donors (Lipinski definition) is 0. The molecule has 0 bridgehead atoms. The maximum Gasteiger partial charge on any atom is 0.433 e. The number of carbonyl (C=O) groups excluding carboxylic acids is 1. The number of para-hydroxylation sites is 1. The molecule has 182 valence electrons. The number of methoxy groups -OCH3 is 1. The van der Waals surface area contributed by atoms with Gasteiger partial charge in [-0.25, -0.2) is 4.98 Å². The number of ether oxygens (including phenoxy) is 1. The molecule has 1 atom stereocenters. The Kier molecular flexibility index (Phi) is 5.30. The van der Waals surface area contributed by atoms with Crippen LogP contribution in [-0.4, -0.2) is 49.0 Å². The van der Waals surface area contributed by atoms with E-state index in [0.717, 1.165) is 16.3 Å². The van der Waals surface area contributed by atoms with Crippen molar-refractivity contribution in [2.75, 3.05) is 13.7 Å². The first-order chi connectivity index (χ1) is 16.6. The van der Waals surface area contributed by atoms with Crippen LogP contribution in [0.4, 0.5) is 13.2 Å². The van der Waals surface area contributed by atoms with Crippen LogP contribution >= 0.6 is 0 Å². The number of hydrogen-bond acceptors (Lipinski definition) is 5. The first-order valence-electron chi connectivity index (χ1n) is 11.0. The molecule has 0 N–H and O–H groups in total. The maximum absolute atomic E-state index is 13.7. The predicted molar refractivity (Wildman–Crippen MR) is 122 cm³/mol. The molecular weight excluding hydrogens is 461 g/mol. The minimum Gasteiger partial charge on any atom is -0.481 e. The zero-order valence-electron chi connectivity index (χ0n) is 19.6. The topological polar surface area (TPSA) is 78.1 Å². The molecule has 1 aromatic carbocycles. The Labute approximate surface area is 198 Å². The zero-order chi connectivity index (χ0) is 25.1. The van der Waals surface area contributed by atoms with E-state index >= 15 is 0 Å². The van der Waals surface area contributed by atoms with Gasteiger partial charge in [0.15, 0.2) is 0 Å². The third-order valence-corrected chi connectivity index (χ3v) is 6.45. The van der Waals surface area contributed by atoms with Crippen molar-refractivity contribution in [2.24, 2.45) is 14.1 Å². The van der Waals surface area contributed by atoms with Gasteiger partial charge in [0.05, 0.1) is 35.6 Å². The highest BCUT2D eigenvalue weighted by Crippen LogP contribution is 2.38. The average Bonchev–Trinajstić information content (AvgIpc) is 3.37. The van der Waals surface area contributed by atoms with Crippen molar-refractivity contribution in [1.29, 1.82) is 0 Å². The van der Waals surface area contributed by atoms with Gasteiger partial charge in [-0.05, 0) is 25.5 Å². The summed E-state index contributed by atoms with van der Waals surface area (Å²) in [4.78, 5) is 19.8. The van der Waals surface area contributed by atoms with Crippen molar-refractivity contribution in [3.8, 4) is 17.3 Å². The van der Waals surface area contributed by atoms with Crippen LogP contribution in [0.3, 0.4) is 0 Å². The van der Waals surface area contributed by atoms with Crippen LogP contribution in [0, 0.1) is 0 Å². The Morgan fingerprint density at radius 1 is 1.11 bits per heavy atom. The second kappa shape index (κ2) is 8.10. The highest BCUT2D eigenvalue weighted by atomic mass is 19.4. The number of aryl methyl sites for hydroxylation is 2. The molecule has 4 heterocycles. The van der Waals surface area contributed by atoms with Crippen molar-refractivity contribution < 1.29 is 22.7 Å². The molecule has 1 amide bonds. The first-order valence-corrected chi connectivity index (χ1v) is 11.0. The molecule has 0 saturated carbocycles. The molecule has 1 aliphatic heterocycles. The Hall–Kier alpha value is -3.89. The lowest BCUT2D eigenvalue weighted by Crippen LogP contribution is -2.39. The van der Waals surface area contributed by atoms with Crippen molar-refractivity contribution in [3.05, 3.63) is 58.9 Å². The van der Waals surface area contributed by atoms with Crippen LogP contribution < -0.4 is 4.74 Å². The number of benzene rings is 1. The van der Waals surface area contributed by atoms with Crippen LogP contribution in [0.5, 0.6) is 5.88 Å². The zero-order valence-corrected chi connectivity index (χ0v) is 19.6. The standard InChI is InChI=1S/C24H23F3N6O2/c1-13-21-15(22(32(3)30-21)18-12-19(24(25,26)27)31(2)29-18)9-10-33(13)23(34)16-11-20(35-4)28-17-8-6-5-7-14(16)17/h5-8,11-13H,9-10H2,1-4H3/t13-/m0/s1. The molecule has 0 unspecified atom stereocenters. The Bertz CT molecular complexity index is 1460. The van der Waals surface area contributed by atoms with Gasteiger partial charge in [-0.15, -0.1) is 0 Å². The molecule has 8 nitrogen and oxygen atoms in total. The molecule has 0 saturated heterocycles. The van der Waals surface area contributed by atoms with Crippen LogP contribution in [0.15, 0.2) is 36.4 Å². The second-order valence-electron chi connectivity index (χ2n) is 8.53. The molecule has 0 aliphatic carbocycles. The van der Waals surface area contributed by atoms with E-state index in [1.54, 1.807) is 22.7 Å². The van der Waals surface area contributed by atoms with Gasteiger partial charge in [-0.2, -0.15) is 23.4 Å². The lowest BCUT2D eigenvalue weighted by atomic mass is 9.96. The summed E-state index contributed by atoms with van der Waals surface area (Å²) in [7, 11) is 4.44. The third kappa shape index (κ3) is 3.71. The van der Waals surface area contributed by atoms with Crippen molar-refractivity contribution in [2.45, 2.75) is 25.6 Å². The molecule has 0 fully saturated rings. The Morgan fingerprint density at radius 2 is 1.86 bits per heavy atom. The summed E-state index contributed by atoms with van der Waals surface area (Å²) in [6, 6.07) is 9.62. The Morgan fingerprint density at radius 3 is 2.54 bits per heavy atom. The molecule has 3 aromatic heterocycles. The summed E-state index contributed by atoms with van der Waals surface area (Å²) in [6.45, 7) is 2.25. The highest BCUT2D eigenvalue weighted by Gasteiger charge is 2.38. The number of nitrogens with zero attached hydrogens (tertiary/aromatic N) is 6. The predicted octanol–water partition coefficient (Wildman–Crippen LogP) is 4.16. The van der Waals surface area contributed by atoms with Crippen LogP contribution in [0.1, 0.15) is 40.3 Å². The van der Waals surface area contributed by atoms with Gasteiger partial charge >= 0.3 is 6.18 Å². The van der Waals surface area contributed by atoms with Crippen molar-refractivity contribution in [1.82, 2.24) is 29.4 Å². The van der Waals surface area contributed by atoms with E-state index in [4.69, 9.17) is 4.74 Å². The van der Waals surface area contributed by atoms with Gasteiger partial charge in [0.1, 0.15) is 11.4 Å². The smallest absolute Gasteiger partial charge is 0.433 e. The fourth-order valence-electron chi connectivity index (χ4n) is 4.78. The van der Waals surface area contributed by atoms with E-state index in [9.17, 15) is 18.0 Å². The van der Waals surface area contributed by atoms with Gasteiger partial charge < -0.3 is 9.64 Å². The molecule has 1 aliphatic rings. The summed E-state index contributed by atoms with van der Waals surface area (Å²) >= 11 is 0. The van der Waals surface area contributed by atoms with Gasteiger partial charge in [0.25, 0.3) is 5.91 Å². The summed E-state index contributed by atoms with van der Waals surface area (Å²) < 4.78 is 47.7. The van der Waals surface area contributed by atoms with Crippen LogP contribution in [0.25, 0.3) is 22.3 Å². The summed E-state index contributed by atoms with van der Waals surface area (Å²) in [5.41, 5.74) is 2.46. The second-order valence-corrected chi connectivity index (χ2v) is 8.53. The third-order valence-electron chi connectivity index (χ3n) is 6.45. The number of amides is 1. The fraction of sp³-hybridized carbons (Fsp3) is 0.333. The van der Waals surface area contributed by atoms with E-state index < -0.39 is 17.9 Å². The number of halogens is 3. The molecular formula is C24H23F3N6O2. The fourth-order valence-corrected chi connectivity index (χ4v) is 4.78. The number of carbonyl (C=O) groups is 1. The summed E-state index contributed by atoms with van der Waals surface area (Å²) in [5.74, 6) is 0.151. The molecule has 35 heavy (non-hydrogen) atoms. The van der Waals surface area contributed by atoms with Gasteiger partial charge in [-0.1, -0.05) is 18.2 Å². The van der Waals surface area contributed by atoms with E-state index in [1.165, 1.54) is 14.2 Å². The number of alkyl halides is 3. The number of fused-ring (bicyclic) bond motifs is 2. The van der Waals surface area contributed by atoms with E-state index in [1.807, 2.05) is 31.2 Å². The molecule has 5 rings (SSSR count). The highest BCUT2D eigenvalue weighted by molar-refractivity contribution is 6.06. The summed E-state index contributed by atoms with van der Waals surface area (Å²) in [5, 5.41) is 9.40. The summed E-state index contributed by atoms with van der Waals surface area (Å²) in [6.07, 6.45) is -4.07. The van der Waals surface area contributed by atoms with Gasteiger partial charge in [0, 0.05) is 37.7 Å². The van der Waals surface area contributed by atoms with Crippen molar-refractivity contribution in [3.63, 3.8) is 0 Å². The van der Waals surface area contributed by atoms with E-state index in [0.29, 0.717) is 46.7 Å². The molecule has 11 heteroatoms. The molecule has 0 spiro atoms. The largest absolute Gasteiger partial charge is 0.481 e. The quantitative estimate of drug-likeness (QED) is 0.437. The van der Waals surface area contributed by atoms with Gasteiger partial charge in [-0.3, -0.25) is 14.2 Å². The Balaban J connectivity index is 1.53. The molecule has 0 radical (unpaired) electrons. The van der Waals surface area contributed by atoms with Crippen LogP contribution in [-0.2, 0) is 26.7 Å². The minimum atomic E-state index is -4.51. The maximum atomic E-state index is 13.7. The van der Waals surface area contributed by atoms with Crippen LogP contribution in [0.2, 0.25) is 0 Å². The minimum absolute atomic E-state index is 0.190. The normalized spacial score (nSPS) is 16.0. The lowest BCUT2D eigenvalue weighted by molar-refractivity contribution is -0.143. The molecule has 4 aromatic rings. The van der Waals surface area contributed by atoms with E-state index in [-0.39, 0.29) is 11.6 Å². The first kappa shape index (κ1) is 22.9. The van der Waals surface area contributed by atoms with Crippen molar-refractivity contribution >= 4 is 16.8 Å². The van der Waals surface area contributed by atoms with Gasteiger partial charge in [0.2, 0.25) is 5.88 Å². The van der Waals surface area contributed by atoms with E-state index in [2.05, 4.69) is 15.2 Å². The number of aromatic nitrogens is 5.